The molecule has 0 radical (unpaired) electrons. The number of likely N-dealkylation sites (tertiary alicyclic amines) is 1. The minimum atomic E-state index is -0.881. The number of halogens is 2. The maximum Gasteiger partial charge on any atom is 0.242 e. The first kappa shape index (κ1) is 20.2. The molecule has 24 heavy (non-hydrogen) atoms. The van der Waals surface area contributed by atoms with Crippen LogP contribution in [0.3, 0.4) is 0 Å². The van der Waals surface area contributed by atoms with Crippen LogP contribution in [0.4, 0.5) is 0 Å². The molecular weight excluding hydrogens is 353 g/mol. The van der Waals surface area contributed by atoms with Gasteiger partial charge in [0, 0.05) is 25.0 Å². The van der Waals surface area contributed by atoms with Gasteiger partial charge in [-0.25, -0.2) is 0 Å². The van der Waals surface area contributed by atoms with Crippen molar-refractivity contribution in [1.29, 1.82) is 0 Å². The van der Waals surface area contributed by atoms with E-state index in [1.807, 2.05) is 0 Å². The fourth-order valence-electron chi connectivity index (χ4n) is 3.80. The molecule has 0 aromatic heterocycles. The van der Waals surface area contributed by atoms with E-state index in [2.05, 4.69) is 0 Å². The number of aliphatic hydroxyl groups is 2. The summed E-state index contributed by atoms with van der Waals surface area (Å²) in [5.74, 6) is -0.0535. The number of nitrogens with zero attached hydrogens (tertiary/aromatic N) is 1. The van der Waals surface area contributed by atoms with Crippen LogP contribution < -0.4 is 11.5 Å². The maximum atomic E-state index is 12.2. The Kier molecular flexibility index (Phi) is 7.17. The predicted octanol–water partition coefficient (Wildman–Crippen LogP) is 0.246. The third-order valence-electron chi connectivity index (χ3n) is 5.55. The first-order valence-electron chi connectivity index (χ1n) is 8.66. The first-order chi connectivity index (χ1) is 11.2. The minimum Gasteiger partial charge on any atom is -0.393 e. The molecule has 1 aliphatic carbocycles. The van der Waals surface area contributed by atoms with E-state index in [0.717, 1.165) is 12.8 Å². The van der Waals surface area contributed by atoms with Crippen LogP contribution in [0.15, 0.2) is 0 Å². The quantitative estimate of drug-likeness (QED) is 0.521. The van der Waals surface area contributed by atoms with E-state index >= 15 is 0 Å². The third kappa shape index (κ3) is 4.54. The molecule has 2 rings (SSSR count). The molecule has 7 atom stereocenters. The molecule has 2 fully saturated rings. The first-order valence-corrected chi connectivity index (χ1v) is 9.53. The summed E-state index contributed by atoms with van der Waals surface area (Å²) in [5.41, 5.74) is 12.1. The highest BCUT2D eigenvalue weighted by molar-refractivity contribution is 6.30. The van der Waals surface area contributed by atoms with Crippen molar-refractivity contribution in [2.24, 2.45) is 23.3 Å². The highest BCUT2D eigenvalue weighted by Gasteiger charge is 2.41. The van der Waals surface area contributed by atoms with Crippen molar-refractivity contribution >= 4 is 29.1 Å². The molecule has 6 nitrogen and oxygen atoms in total. The van der Waals surface area contributed by atoms with E-state index in [-0.39, 0.29) is 34.5 Å². The standard InChI is InChI=1S/C16H29Cl2N3O3/c1-8(22)14(19)16(24)21-4-2-9(3-5-21)15(20)10-6-11(17)12(18)7-13(10)23/h8-15,22-23H,2-7,19-20H2,1H3/t8-,10?,11?,12?,13?,14-,15-/m1/s1. The monoisotopic (exact) mass is 381 g/mol. The summed E-state index contributed by atoms with van der Waals surface area (Å²) in [5, 5.41) is 19.4. The summed E-state index contributed by atoms with van der Waals surface area (Å²) >= 11 is 12.4. The Hall–Kier alpha value is -0.110. The van der Waals surface area contributed by atoms with Gasteiger partial charge in [-0.2, -0.15) is 0 Å². The molecule has 0 aromatic carbocycles. The average molecular weight is 382 g/mol. The summed E-state index contributed by atoms with van der Waals surface area (Å²) in [4.78, 5) is 13.9. The fraction of sp³-hybridized carbons (Fsp3) is 0.938. The summed E-state index contributed by atoms with van der Waals surface area (Å²) in [6, 6.07) is -1.04. The molecule has 2 aliphatic rings. The van der Waals surface area contributed by atoms with E-state index in [9.17, 15) is 15.0 Å². The Morgan fingerprint density at radius 2 is 1.71 bits per heavy atom. The molecule has 0 bridgehead atoms. The van der Waals surface area contributed by atoms with Crippen molar-refractivity contribution in [3.05, 3.63) is 0 Å². The lowest BCUT2D eigenvalue weighted by molar-refractivity contribution is -0.136. The zero-order valence-corrected chi connectivity index (χ0v) is 15.5. The van der Waals surface area contributed by atoms with Crippen LogP contribution >= 0.6 is 23.2 Å². The van der Waals surface area contributed by atoms with Crippen molar-refractivity contribution in [3.63, 3.8) is 0 Å². The maximum absolute atomic E-state index is 12.2. The van der Waals surface area contributed by atoms with Gasteiger partial charge in [0.2, 0.25) is 5.91 Å². The van der Waals surface area contributed by atoms with Gasteiger partial charge in [0.25, 0.3) is 0 Å². The Balaban J connectivity index is 1.88. The molecule has 1 saturated heterocycles. The van der Waals surface area contributed by atoms with Crippen LogP contribution in [0.25, 0.3) is 0 Å². The van der Waals surface area contributed by atoms with E-state index in [4.69, 9.17) is 34.7 Å². The van der Waals surface area contributed by atoms with Crippen LogP contribution in [0, 0.1) is 11.8 Å². The van der Waals surface area contributed by atoms with Gasteiger partial charge in [-0.3, -0.25) is 4.79 Å². The SMILES string of the molecule is C[C@@H](O)[C@@H](N)C(=O)N1CCC([C@@H](N)C2CC(Cl)C(Cl)CC2O)CC1. The number of carbonyl (C=O) groups is 1. The number of amides is 1. The third-order valence-corrected chi connectivity index (χ3v) is 6.64. The van der Waals surface area contributed by atoms with Crippen molar-refractivity contribution in [1.82, 2.24) is 4.90 Å². The molecule has 1 amide bonds. The summed E-state index contributed by atoms with van der Waals surface area (Å²) in [6.07, 6.45) is 1.22. The van der Waals surface area contributed by atoms with Gasteiger partial charge >= 0.3 is 0 Å². The Labute approximate surface area is 153 Å². The second kappa shape index (κ2) is 8.52. The largest absolute Gasteiger partial charge is 0.393 e. The van der Waals surface area contributed by atoms with Gasteiger partial charge < -0.3 is 26.6 Å². The van der Waals surface area contributed by atoms with E-state index < -0.39 is 18.2 Å². The van der Waals surface area contributed by atoms with Crippen molar-refractivity contribution < 1.29 is 15.0 Å². The highest BCUT2D eigenvalue weighted by Crippen LogP contribution is 2.36. The Bertz CT molecular complexity index is 433. The van der Waals surface area contributed by atoms with Crippen molar-refractivity contribution in [2.45, 2.75) is 67.7 Å². The molecule has 1 saturated carbocycles. The Morgan fingerprint density at radius 3 is 2.25 bits per heavy atom. The topological polar surface area (TPSA) is 113 Å². The van der Waals surface area contributed by atoms with Gasteiger partial charge in [-0.15, -0.1) is 23.2 Å². The number of hydrogen-bond donors (Lipinski definition) is 4. The lowest BCUT2D eigenvalue weighted by atomic mass is 9.74. The van der Waals surface area contributed by atoms with Crippen molar-refractivity contribution in [3.8, 4) is 0 Å². The van der Waals surface area contributed by atoms with Crippen molar-refractivity contribution in [2.75, 3.05) is 13.1 Å². The zero-order valence-electron chi connectivity index (χ0n) is 14.0. The van der Waals surface area contributed by atoms with Crippen LogP contribution in [0.1, 0.15) is 32.6 Å². The number of aliphatic hydroxyl groups excluding tert-OH is 2. The van der Waals surface area contributed by atoms with Gasteiger partial charge in [-0.1, -0.05) is 0 Å². The smallest absolute Gasteiger partial charge is 0.242 e. The van der Waals surface area contributed by atoms with Crippen LogP contribution in [-0.2, 0) is 4.79 Å². The number of piperidine rings is 1. The van der Waals surface area contributed by atoms with E-state index in [0.29, 0.717) is 25.9 Å². The second-order valence-corrected chi connectivity index (χ2v) is 8.36. The molecule has 8 heteroatoms. The molecule has 1 aliphatic heterocycles. The molecule has 140 valence electrons. The second-order valence-electron chi connectivity index (χ2n) is 7.24. The van der Waals surface area contributed by atoms with Gasteiger partial charge in [0.15, 0.2) is 0 Å². The van der Waals surface area contributed by atoms with Crippen LogP contribution in [-0.4, -0.2) is 69.2 Å². The van der Waals surface area contributed by atoms with Gasteiger partial charge in [-0.05, 0) is 38.5 Å². The predicted molar refractivity (Wildman–Crippen MR) is 94.9 cm³/mol. The van der Waals surface area contributed by atoms with Gasteiger partial charge in [0.05, 0.1) is 23.0 Å². The van der Waals surface area contributed by atoms with Gasteiger partial charge in [0.1, 0.15) is 6.04 Å². The number of carbonyl (C=O) groups excluding carboxylic acids is 1. The summed E-state index contributed by atoms with van der Waals surface area (Å²) in [7, 11) is 0. The summed E-state index contributed by atoms with van der Waals surface area (Å²) < 4.78 is 0. The Morgan fingerprint density at radius 1 is 1.17 bits per heavy atom. The van der Waals surface area contributed by atoms with Crippen LogP contribution in [0.5, 0.6) is 0 Å². The normalized spacial score (nSPS) is 36.2. The lowest BCUT2D eigenvalue weighted by Crippen LogP contribution is -2.54. The highest BCUT2D eigenvalue weighted by atomic mass is 35.5. The fourth-order valence-corrected chi connectivity index (χ4v) is 4.40. The number of alkyl halides is 2. The lowest BCUT2D eigenvalue weighted by Gasteiger charge is -2.42. The average Bonchev–Trinajstić information content (AvgIpc) is 2.56. The molecular formula is C16H29Cl2N3O3. The van der Waals surface area contributed by atoms with Crippen LogP contribution in [0.2, 0.25) is 0 Å². The van der Waals surface area contributed by atoms with E-state index in [1.54, 1.807) is 4.90 Å². The number of rotatable bonds is 4. The zero-order chi connectivity index (χ0) is 18.0. The molecule has 0 spiro atoms. The molecule has 1 heterocycles. The molecule has 4 unspecified atom stereocenters. The number of nitrogens with two attached hydrogens (primary N) is 2. The molecule has 0 aromatic rings. The number of hydrogen-bond acceptors (Lipinski definition) is 5. The minimum absolute atomic E-state index is 0.0607. The van der Waals surface area contributed by atoms with E-state index in [1.165, 1.54) is 6.92 Å². The molecule has 6 N–H and O–H groups in total. The summed E-state index contributed by atoms with van der Waals surface area (Å²) in [6.45, 7) is 2.66.